The Morgan fingerprint density at radius 2 is 1.88 bits per heavy atom. The number of ether oxygens (including phenoxy) is 1. The van der Waals surface area contributed by atoms with Crippen molar-refractivity contribution in [2.45, 2.75) is 31.6 Å². The molecule has 1 aliphatic rings. The Morgan fingerprint density at radius 3 is 2.40 bits per heavy atom. The molecule has 1 aliphatic heterocycles. The molecule has 1 amide bonds. The summed E-state index contributed by atoms with van der Waals surface area (Å²) < 4.78 is 45.1. The third-order valence-electron chi connectivity index (χ3n) is 4.28. The predicted octanol–water partition coefficient (Wildman–Crippen LogP) is 4.02. The summed E-state index contributed by atoms with van der Waals surface area (Å²) in [5, 5.41) is 0. The Morgan fingerprint density at radius 1 is 1.28 bits per heavy atom. The first-order valence-corrected chi connectivity index (χ1v) is 8.26. The zero-order valence-electron chi connectivity index (χ0n) is 13.8. The first-order valence-electron chi connectivity index (χ1n) is 7.46. The third-order valence-corrected chi connectivity index (χ3v) is 5.01. The highest BCUT2D eigenvalue weighted by molar-refractivity contribution is 9.10. The molecule has 8 heteroatoms. The highest BCUT2D eigenvalue weighted by Gasteiger charge is 2.56. The molecule has 136 valence electrons. The van der Waals surface area contributed by atoms with Crippen LogP contribution < -0.4 is 0 Å². The van der Waals surface area contributed by atoms with E-state index < -0.39 is 35.6 Å². The summed E-state index contributed by atoms with van der Waals surface area (Å²) >= 11 is 3.32. The van der Waals surface area contributed by atoms with Gasteiger partial charge in [0.15, 0.2) is 5.54 Å². The van der Waals surface area contributed by atoms with E-state index in [0.717, 1.165) is 7.11 Å². The first kappa shape index (κ1) is 19.5. The predicted molar refractivity (Wildman–Crippen MR) is 88.5 cm³/mol. The van der Waals surface area contributed by atoms with E-state index in [1.807, 2.05) is 0 Å². The van der Waals surface area contributed by atoms with E-state index >= 15 is 0 Å². The zero-order valence-corrected chi connectivity index (χ0v) is 15.4. The van der Waals surface area contributed by atoms with Crippen molar-refractivity contribution in [3.63, 3.8) is 0 Å². The van der Waals surface area contributed by atoms with Gasteiger partial charge in [0, 0.05) is 4.47 Å². The molecule has 1 heterocycles. The molecule has 1 aromatic carbocycles. The molecule has 0 radical (unpaired) electrons. The van der Waals surface area contributed by atoms with Crippen molar-refractivity contribution in [3.05, 3.63) is 46.5 Å². The minimum Gasteiger partial charge on any atom is -0.467 e. The molecule has 0 unspecified atom stereocenters. The number of nitrogens with zero attached hydrogens (tertiary/aromatic N) is 1. The Kier molecular flexibility index (Phi) is 5.32. The standard InChI is InChI=1S/C17H17BrF3NO3/c1-10-8-9-16(2,15(24)25-3)22(14(23)17(19,20)21)13(10)11-6-4-5-7-12(11)18/h4-10,13H,1-3H3/t10-,13-,16+/m1/s1. The van der Waals surface area contributed by atoms with Crippen LogP contribution in [0.25, 0.3) is 0 Å². The summed E-state index contributed by atoms with van der Waals surface area (Å²) in [6.45, 7) is 2.93. The summed E-state index contributed by atoms with van der Waals surface area (Å²) in [5.41, 5.74) is -1.39. The lowest BCUT2D eigenvalue weighted by atomic mass is 9.82. The molecule has 0 bridgehead atoms. The molecule has 0 N–H and O–H groups in total. The van der Waals surface area contributed by atoms with Crippen LogP contribution in [-0.2, 0) is 14.3 Å². The first-order chi connectivity index (χ1) is 11.5. The largest absolute Gasteiger partial charge is 0.471 e. The number of methoxy groups -OCH3 is 1. The topological polar surface area (TPSA) is 46.6 Å². The second-order valence-corrected chi connectivity index (χ2v) is 6.85. The lowest BCUT2D eigenvalue weighted by molar-refractivity contribution is -0.198. The molecule has 0 spiro atoms. The fraction of sp³-hybridized carbons (Fsp3) is 0.412. The van der Waals surface area contributed by atoms with E-state index in [2.05, 4.69) is 20.7 Å². The monoisotopic (exact) mass is 419 g/mol. The number of alkyl halides is 3. The van der Waals surface area contributed by atoms with Crippen LogP contribution >= 0.6 is 15.9 Å². The van der Waals surface area contributed by atoms with Gasteiger partial charge < -0.3 is 9.64 Å². The molecule has 0 saturated carbocycles. The molecule has 0 aromatic heterocycles. The van der Waals surface area contributed by atoms with Crippen LogP contribution in [0.4, 0.5) is 13.2 Å². The van der Waals surface area contributed by atoms with Crippen molar-refractivity contribution in [1.29, 1.82) is 0 Å². The summed E-state index contributed by atoms with van der Waals surface area (Å²) in [6.07, 6.45) is -2.21. The van der Waals surface area contributed by atoms with Gasteiger partial charge in [-0.1, -0.05) is 53.2 Å². The van der Waals surface area contributed by atoms with Crippen LogP contribution in [0.2, 0.25) is 0 Å². The summed E-state index contributed by atoms with van der Waals surface area (Å²) in [5.74, 6) is -3.47. The minimum atomic E-state index is -5.13. The van der Waals surface area contributed by atoms with Crippen LogP contribution in [0, 0.1) is 5.92 Å². The van der Waals surface area contributed by atoms with Crippen molar-refractivity contribution in [2.75, 3.05) is 7.11 Å². The van der Waals surface area contributed by atoms with Crippen molar-refractivity contribution < 1.29 is 27.5 Å². The second kappa shape index (κ2) is 6.82. The zero-order chi connectivity index (χ0) is 19.0. The lowest BCUT2D eigenvalue weighted by Crippen LogP contribution is -2.61. The number of halogens is 4. The van der Waals surface area contributed by atoms with Gasteiger partial charge in [0.2, 0.25) is 0 Å². The van der Waals surface area contributed by atoms with Crippen molar-refractivity contribution >= 4 is 27.8 Å². The average Bonchev–Trinajstić information content (AvgIpc) is 2.55. The van der Waals surface area contributed by atoms with Crippen molar-refractivity contribution in [3.8, 4) is 0 Å². The molecule has 25 heavy (non-hydrogen) atoms. The number of carbonyl (C=O) groups excluding carboxylic acids is 2. The van der Waals surface area contributed by atoms with Gasteiger partial charge in [-0.25, -0.2) is 4.79 Å². The van der Waals surface area contributed by atoms with Gasteiger partial charge in [0.05, 0.1) is 13.2 Å². The van der Waals surface area contributed by atoms with Gasteiger partial charge >= 0.3 is 18.1 Å². The Labute approximate surface area is 151 Å². The van der Waals surface area contributed by atoms with Crippen molar-refractivity contribution in [2.24, 2.45) is 5.92 Å². The maximum Gasteiger partial charge on any atom is 0.471 e. The fourth-order valence-corrected chi connectivity index (χ4v) is 3.55. The molecular weight excluding hydrogens is 403 g/mol. The maximum atomic E-state index is 13.3. The average molecular weight is 420 g/mol. The number of amides is 1. The summed E-state index contributed by atoms with van der Waals surface area (Å²) in [7, 11) is 1.07. The van der Waals surface area contributed by atoms with E-state index in [4.69, 9.17) is 0 Å². The SMILES string of the molecule is COC(=O)[C@]1(C)C=C[C@@H](C)[C@H](c2ccccc2Br)N1C(=O)C(F)(F)F. The number of hydrogen-bond donors (Lipinski definition) is 0. The van der Waals surface area contributed by atoms with E-state index in [0.29, 0.717) is 14.9 Å². The Balaban J connectivity index is 2.71. The summed E-state index contributed by atoms with van der Waals surface area (Å²) in [4.78, 5) is 25.1. The van der Waals surface area contributed by atoms with E-state index in [9.17, 15) is 22.8 Å². The smallest absolute Gasteiger partial charge is 0.467 e. The minimum absolute atomic E-state index is 0.442. The van der Waals surface area contributed by atoms with E-state index in [1.54, 1.807) is 37.3 Å². The van der Waals surface area contributed by atoms with Crippen LogP contribution in [0.15, 0.2) is 40.9 Å². The number of rotatable bonds is 2. The van der Waals surface area contributed by atoms with E-state index in [-0.39, 0.29) is 0 Å². The summed E-state index contributed by atoms with van der Waals surface area (Å²) in [6, 6.07) is 5.69. The van der Waals surface area contributed by atoms with Crippen LogP contribution in [0.1, 0.15) is 25.5 Å². The number of carbonyl (C=O) groups is 2. The number of benzene rings is 1. The van der Waals surface area contributed by atoms with Gasteiger partial charge in [0.1, 0.15) is 0 Å². The van der Waals surface area contributed by atoms with Gasteiger partial charge in [-0.05, 0) is 24.5 Å². The highest BCUT2D eigenvalue weighted by Crippen LogP contribution is 2.44. The Hall–Kier alpha value is -1.83. The highest BCUT2D eigenvalue weighted by atomic mass is 79.9. The second-order valence-electron chi connectivity index (χ2n) is 6.00. The quantitative estimate of drug-likeness (QED) is 0.537. The molecule has 1 aromatic rings. The molecule has 0 fully saturated rings. The maximum absolute atomic E-state index is 13.3. The molecular formula is C17H17BrF3NO3. The molecule has 4 nitrogen and oxygen atoms in total. The lowest BCUT2D eigenvalue weighted by Gasteiger charge is -2.47. The van der Waals surface area contributed by atoms with Gasteiger partial charge in [-0.3, -0.25) is 4.79 Å². The Bertz CT molecular complexity index is 719. The van der Waals surface area contributed by atoms with Gasteiger partial charge in [0.25, 0.3) is 0 Å². The van der Waals surface area contributed by atoms with Crippen LogP contribution in [0.3, 0.4) is 0 Å². The van der Waals surface area contributed by atoms with Gasteiger partial charge in [-0.15, -0.1) is 0 Å². The van der Waals surface area contributed by atoms with Crippen LogP contribution in [-0.4, -0.2) is 35.6 Å². The van der Waals surface area contributed by atoms with Crippen LogP contribution in [0.5, 0.6) is 0 Å². The van der Waals surface area contributed by atoms with Crippen molar-refractivity contribution in [1.82, 2.24) is 4.90 Å². The molecule has 3 atom stereocenters. The van der Waals surface area contributed by atoms with Gasteiger partial charge in [-0.2, -0.15) is 13.2 Å². The molecule has 0 saturated heterocycles. The van der Waals surface area contributed by atoms with E-state index in [1.165, 1.54) is 13.0 Å². The normalized spacial score (nSPS) is 26.4. The number of hydrogen-bond acceptors (Lipinski definition) is 3. The molecule has 2 rings (SSSR count). The third kappa shape index (κ3) is 3.44. The number of esters is 1. The fourth-order valence-electron chi connectivity index (χ4n) is 3.03. The molecule has 0 aliphatic carbocycles.